The normalized spacial score (nSPS) is 22.4. The van der Waals surface area contributed by atoms with Gasteiger partial charge in [0, 0.05) is 12.1 Å². The lowest BCUT2D eigenvalue weighted by atomic mass is 9.90. The Morgan fingerprint density at radius 2 is 2.24 bits per heavy atom. The minimum Gasteiger partial charge on any atom is -0.480 e. The van der Waals surface area contributed by atoms with E-state index in [-0.39, 0.29) is 11.8 Å². The molecule has 1 aliphatic heterocycles. The summed E-state index contributed by atoms with van der Waals surface area (Å²) in [5.74, 6) is -1.15. The van der Waals surface area contributed by atoms with Gasteiger partial charge < -0.3 is 10.0 Å². The fourth-order valence-corrected chi connectivity index (χ4v) is 3.66. The maximum absolute atomic E-state index is 12.7. The number of carbonyl (C=O) groups excluding carboxylic acids is 1. The molecule has 2 atom stereocenters. The number of likely N-dealkylation sites (tertiary alicyclic amines) is 1. The number of amides is 1. The fraction of sp³-hybridized carbons (Fsp3) is 0.400. The third-order valence-electron chi connectivity index (χ3n) is 4.03. The van der Waals surface area contributed by atoms with Crippen LogP contribution in [0, 0.1) is 5.92 Å². The molecule has 2 heterocycles. The first-order chi connectivity index (χ1) is 10.1. The Morgan fingerprint density at radius 1 is 1.43 bits per heavy atom. The smallest absolute Gasteiger partial charge is 0.326 e. The van der Waals surface area contributed by atoms with Crippen LogP contribution in [0.15, 0.2) is 23.7 Å². The number of hydrogen-bond donors (Lipinski definition) is 1. The standard InChI is InChI=1S/C15H16N2O3S/c1-9-3-2-6-17(13(9)15(19)20)14(18)10-4-5-11-12(7-10)21-8-16-11/h4-5,7-9,13H,2-3,6H2,1H3,(H,19,20). The van der Waals surface area contributed by atoms with Crippen molar-refractivity contribution >= 4 is 33.4 Å². The summed E-state index contributed by atoms with van der Waals surface area (Å²) >= 11 is 1.48. The topological polar surface area (TPSA) is 70.5 Å². The van der Waals surface area contributed by atoms with Gasteiger partial charge in [0.2, 0.25) is 0 Å². The highest BCUT2D eigenvalue weighted by Crippen LogP contribution is 2.26. The van der Waals surface area contributed by atoms with Crippen LogP contribution in [-0.4, -0.2) is 39.5 Å². The predicted molar refractivity (Wildman–Crippen MR) is 80.5 cm³/mol. The maximum atomic E-state index is 12.7. The lowest BCUT2D eigenvalue weighted by molar-refractivity contribution is -0.145. The van der Waals surface area contributed by atoms with Crippen molar-refractivity contribution in [3.05, 3.63) is 29.3 Å². The second kappa shape index (κ2) is 5.44. The van der Waals surface area contributed by atoms with Crippen molar-refractivity contribution in [1.29, 1.82) is 0 Å². The molecule has 2 aromatic rings. The molecule has 1 amide bonds. The second-order valence-electron chi connectivity index (χ2n) is 5.44. The Morgan fingerprint density at radius 3 is 3.00 bits per heavy atom. The number of carboxylic acids is 1. The average molecular weight is 304 g/mol. The predicted octanol–water partition coefficient (Wildman–Crippen LogP) is 2.62. The van der Waals surface area contributed by atoms with Gasteiger partial charge >= 0.3 is 5.97 Å². The van der Waals surface area contributed by atoms with Crippen molar-refractivity contribution in [1.82, 2.24) is 9.88 Å². The third-order valence-corrected chi connectivity index (χ3v) is 4.82. The van der Waals surface area contributed by atoms with Gasteiger partial charge in [-0.3, -0.25) is 4.79 Å². The first kappa shape index (κ1) is 14.0. The van der Waals surface area contributed by atoms with E-state index in [4.69, 9.17) is 0 Å². The zero-order valence-corrected chi connectivity index (χ0v) is 12.5. The molecule has 0 saturated carbocycles. The number of fused-ring (bicyclic) bond motifs is 1. The molecule has 0 aliphatic carbocycles. The van der Waals surface area contributed by atoms with Crippen LogP contribution in [0.4, 0.5) is 0 Å². The molecule has 0 bridgehead atoms. The van der Waals surface area contributed by atoms with Gasteiger partial charge in [-0.2, -0.15) is 0 Å². The first-order valence-electron chi connectivity index (χ1n) is 6.95. The largest absolute Gasteiger partial charge is 0.480 e. The van der Waals surface area contributed by atoms with Crippen LogP contribution in [0.5, 0.6) is 0 Å². The second-order valence-corrected chi connectivity index (χ2v) is 6.32. The quantitative estimate of drug-likeness (QED) is 0.926. The van der Waals surface area contributed by atoms with E-state index in [9.17, 15) is 14.7 Å². The SMILES string of the molecule is CC1CCCN(C(=O)c2ccc3ncsc3c2)C1C(=O)O. The van der Waals surface area contributed by atoms with Crippen molar-refractivity contribution < 1.29 is 14.7 Å². The monoisotopic (exact) mass is 304 g/mol. The van der Waals surface area contributed by atoms with Gasteiger partial charge in [0.1, 0.15) is 6.04 Å². The fourth-order valence-electron chi connectivity index (χ4n) is 2.95. The molecular formula is C15H16N2O3S. The zero-order valence-electron chi connectivity index (χ0n) is 11.7. The minimum atomic E-state index is -0.922. The third kappa shape index (κ3) is 2.51. The highest BCUT2D eigenvalue weighted by molar-refractivity contribution is 7.16. The molecule has 3 rings (SSSR count). The number of hydrogen-bond acceptors (Lipinski definition) is 4. The van der Waals surface area contributed by atoms with Crippen molar-refractivity contribution in [2.45, 2.75) is 25.8 Å². The Kier molecular flexibility index (Phi) is 3.63. The first-order valence-corrected chi connectivity index (χ1v) is 7.83. The highest BCUT2D eigenvalue weighted by atomic mass is 32.1. The van der Waals surface area contributed by atoms with Crippen LogP contribution < -0.4 is 0 Å². The van der Waals surface area contributed by atoms with Crippen LogP contribution in [0.25, 0.3) is 10.2 Å². The van der Waals surface area contributed by atoms with E-state index in [2.05, 4.69) is 4.98 Å². The van der Waals surface area contributed by atoms with Gasteiger partial charge in [-0.05, 0) is 37.0 Å². The van der Waals surface area contributed by atoms with Crippen LogP contribution in [0.2, 0.25) is 0 Å². The van der Waals surface area contributed by atoms with Gasteiger partial charge in [-0.25, -0.2) is 9.78 Å². The average Bonchev–Trinajstić information content (AvgIpc) is 2.93. The molecule has 1 aromatic heterocycles. The molecule has 1 fully saturated rings. The number of aliphatic carboxylic acids is 1. The van der Waals surface area contributed by atoms with Crippen LogP contribution >= 0.6 is 11.3 Å². The molecule has 1 aromatic carbocycles. The van der Waals surface area contributed by atoms with Gasteiger partial charge in [0.05, 0.1) is 15.7 Å². The minimum absolute atomic E-state index is 0.0210. The Hall–Kier alpha value is -1.95. The van der Waals surface area contributed by atoms with Crippen molar-refractivity contribution in [2.75, 3.05) is 6.54 Å². The molecule has 2 unspecified atom stereocenters. The number of aromatic nitrogens is 1. The summed E-state index contributed by atoms with van der Waals surface area (Å²) in [7, 11) is 0. The van der Waals surface area contributed by atoms with Crippen molar-refractivity contribution in [2.24, 2.45) is 5.92 Å². The lowest BCUT2D eigenvalue weighted by Crippen LogP contribution is -2.51. The molecule has 0 radical (unpaired) electrons. The number of carboxylic acid groups (broad SMARTS) is 1. The van der Waals surface area contributed by atoms with Gasteiger partial charge in [0.15, 0.2) is 0 Å². The summed E-state index contributed by atoms with van der Waals surface area (Å²) in [5.41, 5.74) is 3.13. The maximum Gasteiger partial charge on any atom is 0.326 e. The summed E-state index contributed by atoms with van der Waals surface area (Å²) in [6.45, 7) is 2.39. The van der Waals surface area contributed by atoms with Gasteiger partial charge in [-0.15, -0.1) is 11.3 Å². The van der Waals surface area contributed by atoms with E-state index in [1.807, 2.05) is 13.0 Å². The number of thiazole rings is 1. The number of rotatable bonds is 2. The molecule has 1 aliphatic rings. The van der Waals surface area contributed by atoms with Crippen molar-refractivity contribution in [3.63, 3.8) is 0 Å². The summed E-state index contributed by atoms with van der Waals surface area (Å²) in [4.78, 5) is 29.8. The lowest BCUT2D eigenvalue weighted by Gasteiger charge is -2.37. The molecule has 0 spiro atoms. The van der Waals surface area contributed by atoms with Crippen LogP contribution in [0.3, 0.4) is 0 Å². The summed E-state index contributed by atoms with van der Waals surface area (Å²) in [6, 6.07) is 4.60. The van der Waals surface area contributed by atoms with Gasteiger partial charge in [0.25, 0.3) is 5.91 Å². The molecule has 110 valence electrons. The summed E-state index contributed by atoms with van der Waals surface area (Å²) in [6.07, 6.45) is 1.69. The molecular weight excluding hydrogens is 288 g/mol. The summed E-state index contributed by atoms with van der Waals surface area (Å²) in [5, 5.41) is 9.41. The van der Waals surface area contributed by atoms with E-state index in [0.717, 1.165) is 23.1 Å². The Bertz CT molecular complexity index is 697. The number of benzene rings is 1. The van der Waals surface area contributed by atoms with E-state index < -0.39 is 12.0 Å². The molecule has 1 N–H and O–H groups in total. The molecule has 6 heteroatoms. The van der Waals surface area contributed by atoms with Crippen molar-refractivity contribution in [3.8, 4) is 0 Å². The molecule has 21 heavy (non-hydrogen) atoms. The molecule has 1 saturated heterocycles. The van der Waals surface area contributed by atoms with E-state index >= 15 is 0 Å². The van der Waals surface area contributed by atoms with Crippen LogP contribution in [0.1, 0.15) is 30.1 Å². The highest BCUT2D eigenvalue weighted by Gasteiger charge is 2.37. The van der Waals surface area contributed by atoms with Gasteiger partial charge in [-0.1, -0.05) is 6.92 Å². The Balaban J connectivity index is 1.93. The summed E-state index contributed by atoms with van der Waals surface area (Å²) < 4.78 is 0.942. The van der Waals surface area contributed by atoms with E-state index in [1.54, 1.807) is 17.6 Å². The molecule has 5 nitrogen and oxygen atoms in total. The zero-order chi connectivity index (χ0) is 15.0. The Labute approximate surface area is 126 Å². The number of piperidine rings is 1. The number of carbonyl (C=O) groups is 2. The van der Waals surface area contributed by atoms with E-state index in [0.29, 0.717) is 12.1 Å². The van der Waals surface area contributed by atoms with Crippen LogP contribution in [-0.2, 0) is 4.79 Å². The van der Waals surface area contributed by atoms with E-state index in [1.165, 1.54) is 16.2 Å². The number of nitrogens with zero attached hydrogens (tertiary/aromatic N) is 2.